The van der Waals surface area contributed by atoms with Gasteiger partial charge in [-0.1, -0.05) is 0 Å². The van der Waals surface area contributed by atoms with Gasteiger partial charge >= 0.3 is 18.3 Å². The summed E-state index contributed by atoms with van der Waals surface area (Å²) in [5, 5.41) is 19.7. The fourth-order valence-corrected chi connectivity index (χ4v) is 6.09. The van der Waals surface area contributed by atoms with Gasteiger partial charge in [0.15, 0.2) is 0 Å². The van der Waals surface area contributed by atoms with E-state index in [0.717, 1.165) is 10.9 Å². The number of aromatic nitrogens is 1. The molecule has 1 aliphatic heterocycles. The molecule has 1 amide bonds. The number of fused-ring (bicyclic) bond motifs is 1. The molecule has 3 aromatic rings. The van der Waals surface area contributed by atoms with Gasteiger partial charge in [-0.05, 0) is 78.3 Å². The molecule has 0 aliphatic carbocycles. The van der Waals surface area contributed by atoms with Gasteiger partial charge in [-0.15, -0.1) is 0 Å². The molecule has 2 heterocycles. The maximum atomic E-state index is 12.6. The molecule has 0 unspecified atom stereocenters. The SMILES string of the molecule is CCS(=O)(=O)N1CCC(c2c[nH]c3c(C(N)=O)cc(-c4cc(C#N)cc(CNCC(F)(F)F)c4)cc23)CC1.O=C(O)C(F)(F)F. The number of piperidine rings is 1. The van der Waals surface area contributed by atoms with Crippen LogP contribution in [-0.2, 0) is 21.4 Å². The number of nitrogens with one attached hydrogen (secondary N) is 2. The Kier molecular flexibility index (Phi) is 10.9. The monoisotopic (exact) mass is 661 g/mol. The van der Waals surface area contributed by atoms with Crippen molar-refractivity contribution >= 4 is 32.8 Å². The Balaban J connectivity index is 0.000000707. The number of carboxylic acids is 1. The Labute approximate surface area is 253 Å². The number of hydrogen-bond acceptors (Lipinski definition) is 6. The van der Waals surface area contributed by atoms with Gasteiger partial charge in [-0.2, -0.15) is 31.6 Å². The van der Waals surface area contributed by atoms with E-state index in [0.29, 0.717) is 48.1 Å². The number of halogens is 6. The van der Waals surface area contributed by atoms with Crippen LogP contribution in [0.15, 0.2) is 36.5 Å². The van der Waals surface area contributed by atoms with Crippen molar-refractivity contribution in [2.45, 2.75) is 44.6 Å². The molecular weight excluding hydrogens is 632 g/mol. The van der Waals surface area contributed by atoms with Crippen LogP contribution < -0.4 is 11.1 Å². The Morgan fingerprint density at radius 2 is 1.69 bits per heavy atom. The molecule has 0 atom stereocenters. The third-order valence-corrected chi connectivity index (χ3v) is 8.97. The zero-order valence-corrected chi connectivity index (χ0v) is 24.5. The van der Waals surface area contributed by atoms with E-state index in [1.807, 2.05) is 18.3 Å². The number of amides is 1. The van der Waals surface area contributed by atoms with Crippen LogP contribution in [0.5, 0.6) is 0 Å². The van der Waals surface area contributed by atoms with Crippen LogP contribution in [0.1, 0.15) is 52.7 Å². The summed E-state index contributed by atoms with van der Waals surface area (Å²) >= 11 is 0. The highest BCUT2D eigenvalue weighted by atomic mass is 32.2. The lowest BCUT2D eigenvalue weighted by Crippen LogP contribution is -2.38. The van der Waals surface area contributed by atoms with Crippen LogP contribution in [0.3, 0.4) is 0 Å². The minimum atomic E-state index is -5.08. The van der Waals surface area contributed by atoms with Crippen molar-refractivity contribution in [3.63, 3.8) is 0 Å². The van der Waals surface area contributed by atoms with E-state index in [1.165, 1.54) is 10.4 Å². The average Bonchev–Trinajstić information content (AvgIpc) is 3.39. The quantitative estimate of drug-likeness (QED) is 0.255. The number of aromatic amines is 1. The standard InChI is InChI=1S/C26H28F3N5O3S.C2HF3O2/c1-2-38(36,37)34-5-3-18(4-6-34)23-14-33-24-21(23)10-20(11-22(24)25(31)35)19-8-16(12-30)7-17(9-19)13-32-15-26(27,28)29;3-2(4,5)1(6)7/h7-11,14,18,32-33H,2-6,13,15H2,1H3,(H2,31,35);(H,6,7). The molecule has 1 aromatic heterocycles. The summed E-state index contributed by atoms with van der Waals surface area (Å²) in [6.07, 6.45) is -6.41. The van der Waals surface area contributed by atoms with Crippen molar-refractivity contribution in [2.24, 2.45) is 5.73 Å². The lowest BCUT2D eigenvalue weighted by molar-refractivity contribution is -0.192. The molecule has 5 N–H and O–H groups in total. The number of primary amides is 1. The van der Waals surface area contributed by atoms with Gasteiger partial charge in [0.05, 0.1) is 35.0 Å². The van der Waals surface area contributed by atoms with Gasteiger partial charge < -0.3 is 21.1 Å². The summed E-state index contributed by atoms with van der Waals surface area (Å²) in [7, 11) is -3.27. The molecule has 0 bridgehead atoms. The van der Waals surface area contributed by atoms with Crippen molar-refractivity contribution in [3.05, 3.63) is 58.8 Å². The first-order chi connectivity index (χ1) is 20.9. The molecular formula is C28H29F6N5O5S. The molecule has 0 saturated carbocycles. The highest BCUT2D eigenvalue weighted by molar-refractivity contribution is 7.89. The zero-order chi connectivity index (χ0) is 33.7. The van der Waals surface area contributed by atoms with Gasteiger partial charge in [0.2, 0.25) is 10.0 Å². The number of benzene rings is 2. The fraction of sp³-hybridized carbons (Fsp3) is 0.393. The molecule has 45 heavy (non-hydrogen) atoms. The highest BCUT2D eigenvalue weighted by Crippen LogP contribution is 2.37. The minimum Gasteiger partial charge on any atom is -0.475 e. The van der Waals surface area contributed by atoms with Gasteiger partial charge in [0.1, 0.15) is 0 Å². The minimum absolute atomic E-state index is 0.0472. The second-order valence-corrected chi connectivity index (χ2v) is 12.4. The Hall–Kier alpha value is -4.14. The predicted molar refractivity (Wildman–Crippen MR) is 151 cm³/mol. The predicted octanol–water partition coefficient (Wildman–Crippen LogP) is 4.62. The normalized spacial score (nSPS) is 14.9. The van der Waals surface area contributed by atoms with E-state index in [4.69, 9.17) is 15.6 Å². The molecule has 2 aromatic carbocycles. The van der Waals surface area contributed by atoms with E-state index < -0.39 is 40.8 Å². The first kappa shape index (κ1) is 35.3. The zero-order valence-electron chi connectivity index (χ0n) is 23.7. The first-order valence-electron chi connectivity index (χ1n) is 13.4. The second kappa shape index (κ2) is 13.9. The lowest BCUT2D eigenvalue weighted by Gasteiger charge is -2.31. The van der Waals surface area contributed by atoms with Crippen LogP contribution in [-0.4, -0.2) is 72.4 Å². The largest absolute Gasteiger partial charge is 0.490 e. The highest BCUT2D eigenvalue weighted by Gasteiger charge is 2.38. The maximum Gasteiger partial charge on any atom is 0.490 e. The summed E-state index contributed by atoms with van der Waals surface area (Å²) in [6, 6.07) is 10.3. The number of rotatable bonds is 8. The van der Waals surface area contributed by atoms with E-state index in [-0.39, 0.29) is 29.3 Å². The Bertz CT molecular complexity index is 1710. The van der Waals surface area contributed by atoms with Crippen molar-refractivity contribution in [1.29, 1.82) is 5.26 Å². The molecule has 244 valence electrons. The summed E-state index contributed by atoms with van der Waals surface area (Å²) < 4.78 is 95.5. The van der Waals surface area contributed by atoms with Crippen molar-refractivity contribution in [3.8, 4) is 17.2 Å². The number of nitrogens with two attached hydrogens (primary N) is 1. The van der Waals surface area contributed by atoms with E-state index in [9.17, 15) is 44.8 Å². The van der Waals surface area contributed by atoms with Crippen LogP contribution in [0.2, 0.25) is 0 Å². The molecule has 0 spiro atoms. The van der Waals surface area contributed by atoms with Crippen molar-refractivity contribution in [1.82, 2.24) is 14.6 Å². The number of carbonyl (C=O) groups excluding carboxylic acids is 1. The fourth-order valence-electron chi connectivity index (χ4n) is 4.95. The molecule has 17 heteroatoms. The van der Waals surface area contributed by atoms with Crippen LogP contribution in [0.25, 0.3) is 22.0 Å². The average molecular weight is 662 g/mol. The number of sulfonamides is 1. The topological polar surface area (TPSA) is 169 Å². The van der Waals surface area contributed by atoms with E-state index in [1.54, 1.807) is 25.1 Å². The van der Waals surface area contributed by atoms with E-state index >= 15 is 0 Å². The summed E-state index contributed by atoms with van der Waals surface area (Å²) in [5.74, 6) is -3.31. The number of hydrogen-bond donors (Lipinski definition) is 4. The molecule has 0 radical (unpaired) electrons. The van der Waals surface area contributed by atoms with Crippen molar-refractivity contribution < 1.29 is 49.5 Å². The number of aliphatic carboxylic acids is 1. The Morgan fingerprint density at radius 1 is 1.09 bits per heavy atom. The third kappa shape index (κ3) is 9.19. The first-order valence-corrected chi connectivity index (χ1v) is 15.0. The lowest BCUT2D eigenvalue weighted by atomic mass is 9.88. The second-order valence-electron chi connectivity index (χ2n) is 10.2. The Morgan fingerprint density at radius 3 is 2.20 bits per heavy atom. The van der Waals surface area contributed by atoms with Gasteiger partial charge in [-0.3, -0.25) is 4.79 Å². The summed E-state index contributed by atoms with van der Waals surface area (Å²) in [5.41, 5.74) is 9.33. The molecule has 1 aliphatic rings. The molecule has 4 rings (SSSR count). The number of carbonyl (C=O) groups is 2. The van der Waals surface area contributed by atoms with Gasteiger partial charge in [0, 0.05) is 31.2 Å². The molecule has 1 saturated heterocycles. The molecule has 1 fully saturated rings. The van der Waals surface area contributed by atoms with Crippen LogP contribution in [0, 0.1) is 11.3 Å². The van der Waals surface area contributed by atoms with Crippen LogP contribution in [0.4, 0.5) is 26.3 Å². The smallest absolute Gasteiger partial charge is 0.475 e. The number of nitrogens with zero attached hydrogens (tertiary/aromatic N) is 2. The van der Waals surface area contributed by atoms with Crippen LogP contribution >= 0.6 is 0 Å². The summed E-state index contributed by atoms with van der Waals surface area (Å²) in [4.78, 5) is 24.4. The molecule has 10 nitrogen and oxygen atoms in total. The van der Waals surface area contributed by atoms with E-state index in [2.05, 4.69) is 10.3 Å². The third-order valence-electron chi connectivity index (χ3n) is 7.09. The number of nitriles is 1. The summed E-state index contributed by atoms with van der Waals surface area (Å²) in [6.45, 7) is 1.15. The van der Waals surface area contributed by atoms with Crippen molar-refractivity contribution in [2.75, 3.05) is 25.4 Å². The number of H-pyrrole nitrogens is 1. The van der Waals surface area contributed by atoms with Gasteiger partial charge in [0.25, 0.3) is 5.91 Å². The maximum absolute atomic E-state index is 12.6. The van der Waals surface area contributed by atoms with Gasteiger partial charge in [-0.25, -0.2) is 17.5 Å². The number of carboxylic acid groups (broad SMARTS) is 1. The number of alkyl halides is 6.